The topological polar surface area (TPSA) is 29.0 Å². The van der Waals surface area contributed by atoms with Gasteiger partial charge in [0.2, 0.25) is 0 Å². The molecule has 0 bridgehead atoms. The molecule has 0 amide bonds. The maximum absolute atomic E-state index is 6.19. The number of aromatic nitrogens is 2. The molecular weight excluding hydrogens is 234 g/mol. The van der Waals surface area contributed by atoms with Gasteiger partial charge < -0.3 is 4.90 Å². The van der Waals surface area contributed by atoms with E-state index in [9.17, 15) is 0 Å². The zero-order chi connectivity index (χ0) is 12.6. The lowest BCUT2D eigenvalue weighted by molar-refractivity contribution is 0.279. The fourth-order valence-electron chi connectivity index (χ4n) is 2.09. The molecule has 1 aliphatic rings. The zero-order valence-electron chi connectivity index (χ0n) is 11.0. The first-order valence-corrected chi connectivity index (χ1v) is 6.52. The molecular formula is C13H20ClN3. The fourth-order valence-corrected chi connectivity index (χ4v) is 2.38. The van der Waals surface area contributed by atoms with Gasteiger partial charge in [0.15, 0.2) is 11.0 Å². The minimum absolute atomic E-state index is 0.441. The Hall–Kier alpha value is -0.830. The van der Waals surface area contributed by atoms with Gasteiger partial charge in [0.25, 0.3) is 0 Å². The molecule has 0 N–H and O–H groups in total. The average Bonchev–Trinajstić information content (AvgIpc) is 2.24. The maximum Gasteiger partial charge on any atom is 0.171 e. The molecule has 1 fully saturated rings. The number of hydrogen-bond acceptors (Lipinski definition) is 3. The van der Waals surface area contributed by atoms with Crippen LogP contribution in [0, 0.1) is 19.3 Å². The maximum atomic E-state index is 6.19. The van der Waals surface area contributed by atoms with E-state index in [1.54, 1.807) is 0 Å². The second-order valence-electron chi connectivity index (χ2n) is 5.66. The van der Waals surface area contributed by atoms with Crippen molar-refractivity contribution >= 4 is 17.4 Å². The first kappa shape index (κ1) is 12.6. The van der Waals surface area contributed by atoms with Crippen LogP contribution in [0.15, 0.2) is 0 Å². The Balaban J connectivity index is 2.21. The number of hydrogen-bond donors (Lipinski definition) is 0. The highest BCUT2D eigenvalue weighted by molar-refractivity contribution is 6.31. The van der Waals surface area contributed by atoms with Crippen LogP contribution in [0.1, 0.15) is 38.1 Å². The minimum atomic E-state index is 0.441. The third kappa shape index (κ3) is 2.71. The predicted octanol–water partition coefficient (Wildman–Crippen LogP) is 3.37. The van der Waals surface area contributed by atoms with Gasteiger partial charge in [-0.05, 0) is 32.1 Å². The van der Waals surface area contributed by atoms with Gasteiger partial charge in [0.05, 0.1) is 11.4 Å². The van der Waals surface area contributed by atoms with Gasteiger partial charge in [-0.15, -0.1) is 0 Å². The molecule has 0 spiro atoms. The molecule has 0 aromatic carbocycles. The quantitative estimate of drug-likeness (QED) is 0.768. The monoisotopic (exact) mass is 253 g/mol. The molecule has 0 unspecified atom stereocenters. The second kappa shape index (κ2) is 4.45. The fraction of sp³-hybridized carbons (Fsp3) is 0.692. The van der Waals surface area contributed by atoms with E-state index in [2.05, 4.69) is 28.7 Å². The van der Waals surface area contributed by atoms with Crippen molar-refractivity contribution in [3.63, 3.8) is 0 Å². The van der Waals surface area contributed by atoms with Crippen LogP contribution in [0.5, 0.6) is 0 Å². The molecule has 1 aromatic rings. The summed E-state index contributed by atoms with van der Waals surface area (Å²) in [5.41, 5.74) is 2.32. The Labute approximate surface area is 108 Å². The molecule has 1 aliphatic heterocycles. The molecule has 4 heteroatoms. The molecule has 3 nitrogen and oxygen atoms in total. The second-order valence-corrected chi connectivity index (χ2v) is 6.02. The SMILES string of the molecule is Cc1nc(Cl)c(N2CCC(C)(C)CC2)nc1C. The highest BCUT2D eigenvalue weighted by Crippen LogP contribution is 2.33. The first-order valence-electron chi connectivity index (χ1n) is 6.15. The number of nitrogens with zero attached hydrogens (tertiary/aromatic N) is 3. The standard InChI is InChI=1S/C13H20ClN3/c1-9-10(2)16-12(11(14)15-9)17-7-5-13(3,4)6-8-17/h5-8H2,1-4H3. The van der Waals surface area contributed by atoms with Crippen LogP contribution >= 0.6 is 11.6 Å². The largest absolute Gasteiger partial charge is 0.354 e. The van der Waals surface area contributed by atoms with Crippen molar-refractivity contribution in [3.8, 4) is 0 Å². The Morgan fingerprint density at radius 1 is 1.06 bits per heavy atom. The number of anilines is 1. The van der Waals surface area contributed by atoms with Crippen LogP contribution < -0.4 is 4.90 Å². The average molecular weight is 254 g/mol. The van der Waals surface area contributed by atoms with Crippen molar-refractivity contribution < 1.29 is 0 Å². The molecule has 1 aromatic heterocycles. The Bertz CT molecular complexity index is 419. The Kier molecular flexibility index (Phi) is 3.30. The van der Waals surface area contributed by atoms with Crippen molar-refractivity contribution in [1.29, 1.82) is 0 Å². The van der Waals surface area contributed by atoms with Crippen LogP contribution in [0.3, 0.4) is 0 Å². The van der Waals surface area contributed by atoms with Gasteiger partial charge >= 0.3 is 0 Å². The summed E-state index contributed by atoms with van der Waals surface area (Å²) in [6.45, 7) is 10.6. The summed E-state index contributed by atoms with van der Waals surface area (Å²) in [5.74, 6) is 0.852. The summed E-state index contributed by atoms with van der Waals surface area (Å²) in [4.78, 5) is 11.2. The third-order valence-corrected chi connectivity index (χ3v) is 3.92. The van der Waals surface area contributed by atoms with Crippen LogP contribution in [0.4, 0.5) is 5.82 Å². The Morgan fingerprint density at radius 3 is 2.18 bits per heavy atom. The van der Waals surface area contributed by atoms with E-state index in [0.717, 1.165) is 30.3 Å². The molecule has 0 atom stereocenters. The van der Waals surface area contributed by atoms with E-state index in [1.807, 2.05) is 13.8 Å². The van der Waals surface area contributed by atoms with Crippen LogP contribution in [-0.2, 0) is 0 Å². The van der Waals surface area contributed by atoms with Gasteiger partial charge in [-0.2, -0.15) is 0 Å². The molecule has 2 heterocycles. The van der Waals surface area contributed by atoms with Crippen molar-refractivity contribution in [2.45, 2.75) is 40.5 Å². The molecule has 1 saturated heterocycles. The van der Waals surface area contributed by atoms with E-state index in [-0.39, 0.29) is 0 Å². The van der Waals surface area contributed by atoms with Crippen LogP contribution in [0.25, 0.3) is 0 Å². The van der Waals surface area contributed by atoms with E-state index in [1.165, 1.54) is 12.8 Å². The molecule has 0 saturated carbocycles. The minimum Gasteiger partial charge on any atom is -0.354 e. The molecule has 2 rings (SSSR count). The van der Waals surface area contributed by atoms with E-state index in [4.69, 9.17) is 11.6 Å². The van der Waals surface area contributed by atoms with Crippen LogP contribution in [0.2, 0.25) is 5.15 Å². The van der Waals surface area contributed by atoms with E-state index < -0.39 is 0 Å². The van der Waals surface area contributed by atoms with E-state index >= 15 is 0 Å². The highest BCUT2D eigenvalue weighted by atomic mass is 35.5. The third-order valence-electron chi connectivity index (χ3n) is 3.66. The smallest absolute Gasteiger partial charge is 0.171 e. The lowest BCUT2D eigenvalue weighted by Gasteiger charge is -2.37. The van der Waals surface area contributed by atoms with Gasteiger partial charge in [-0.1, -0.05) is 25.4 Å². The molecule has 0 radical (unpaired) electrons. The number of aryl methyl sites for hydroxylation is 2. The van der Waals surface area contributed by atoms with Crippen LogP contribution in [-0.4, -0.2) is 23.1 Å². The van der Waals surface area contributed by atoms with Gasteiger partial charge in [0.1, 0.15) is 0 Å². The van der Waals surface area contributed by atoms with Crippen molar-refractivity contribution in [2.24, 2.45) is 5.41 Å². The lowest BCUT2D eigenvalue weighted by Crippen LogP contribution is -2.38. The van der Waals surface area contributed by atoms with Crippen molar-refractivity contribution in [2.75, 3.05) is 18.0 Å². The van der Waals surface area contributed by atoms with E-state index in [0.29, 0.717) is 10.6 Å². The normalized spacial score (nSPS) is 19.5. The highest BCUT2D eigenvalue weighted by Gasteiger charge is 2.27. The molecule has 0 aliphatic carbocycles. The molecule has 17 heavy (non-hydrogen) atoms. The summed E-state index contributed by atoms with van der Waals surface area (Å²) >= 11 is 6.19. The summed E-state index contributed by atoms with van der Waals surface area (Å²) < 4.78 is 0. The summed E-state index contributed by atoms with van der Waals surface area (Å²) in [6, 6.07) is 0. The number of rotatable bonds is 1. The van der Waals surface area contributed by atoms with Gasteiger partial charge in [-0.25, -0.2) is 9.97 Å². The summed E-state index contributed by atoms with van der Waals surface area (Å²) in [5, 5.41) is 0.535. The van der Waals surface area contributed by atoms with Gasteiger partial charge in [-0.3, -0.25) is 0 Å². The number of piperidine rings is 1. The predicted molar refractivity (Wildman–Crippen MR) is 71.7 cm³/mol. The summed E-state index contributed by atoms with van der Waals surface area (Å²) in [7, 11) is 0. The van der Waals surface area contributed by atoms with Crippen molar-refractivity contribution in [1.82, 2.24) is 9.97 Å². The zero-order valence-corrected chi connectivity index (χ0v) is 11.8. The molecule has 94 valence electrons. The summed E-state index contributed by atoms with van der Waals surface area (Å²) in [6.07, 6.45) is 2.36. The Morgan fingerprint density at radius 2 is 1.59 bits per heavy atom. The van der Waals surface area contributed by atoms with Crippen molar-refractivity contribution in [3.05, 3.63) is 16.5 Å². The first-order chi connectivity index (χ1) is 7.89. The lowest BCUT2D eigenvalue weighted by atomic mass is 9.83. The number of halogens is 1. The van der Waals surface area contributed by atoms with Gasteiger partial charge in [0, 0.05) is 13.1 Å².